The molecule has 0 saturated heterocycles. The second kappa shape index (κ2) is 5.16. The highest BCUT2D eigenvalue weighted by Crippen LogP contribution is 2.23. The summed E-state index contributed by atoms with van der Waals surface area (Å²) >= 11 is 0. The third-order valence-electron chi connectivity index (χ3n) is 3.31. The molecule has 1 heterocycles. The lowest BCUT2D eigenvalue weighted by atomic mass is 10.0. The van der Waals surface area contributed by atoms with Gasteiger partial charge in [-0.2, -0.15) is 0 Å². The molecular formula is C11H18N4O2. The topological polar surface area (TPSA) is 90.6 Å². The maximum absolute atomic E-state index is 11.5. The number of rotatable bonds is 2. The molecule has 1 aliphatic rings. The first-order chi connectivity index (χ1) is 8.15. The Morgan fingerprint density at radius 3 is 2.82 bits per heavy atom. The highest BCUT2D eigenvalue weighted by atomic mass is 16.2. The van der Waals surface area contributed by atoms with Crippen LogP contribution in [-0.2, 0) is 0 Å². The normalized spacial score (nSPS) is 25.2. The fraction of sp³-hybridized carbons (Fsp3) is 0.727. The van der Waals surface area contributed by atoms with E-state index in [0.29, 0.717) is 0 Å². The summed E-state index contributed by atoms with van der Waals surface area (Å²) in [4.78, 5) is 24.5. The lowest BCUT2D eigenvalue weighted by Gasteiger charge is -2.15. The van der Waals surface area contributed by atoms with Gasteiger partial charge in [0, 0.05) is 6.04 Å². The Balaban J connectivity index is 2.05. The zero-order chi connectivity index (χ0) is 12.3. The Kier molecular flexibility index (Phi) is 3.61. The highest BCUT2D eigenvalue weighted by Gasteiger charge is 2.17. The zero-order valence-corrected chi connectivity index (χ0v) is 9.95. The van der Waals surface area contributed by atoms with Gasteiger partial charge >= 0.3 is 5.69 Å². The maximum atomic E-state index is 11.5. The van der Waals surface area contributed by atoms with E-state index >= 15 is 0 Å². The minimum Gasteiger partial charge on any atom is -0.361 e. The van der Waals surface area contributed by atoms with Gasteiger partial charge in [-0.25, -0.2) is 9.89 Å². The summed E-state index contributed by atoms with van der Waals surface area (Å²) in [7, 11) is 0. The molecule has 6 heteroatoms. The zero-order valence-electron chi connectivity index (χ0n) is 9.95. The molecule has 1 aromatic rings. The molecule has 0 spiro atoms. The van der Waals surface area contributed by atoms with Crippen LogP contribution in [0.25, 0.3) is 0 Å². The lowest BCUT2D eigenvalue weighted by molar-refractivity contribution is 0.501. The van der Waals surface area contributed by atoms with Crippen LogP contribution in [0.4, 0.5) is 5.82 Å². The van der Waals surface area contributed by atoms with Crippen molar-refractivity contribution in [2.75, 3.05) is 5.32 Å². The Labute approximate surface area is 98.8 Å². The second-order valence-corrected chi connectivity index (χ2v) is 4.81. The molecule has 3 N–H and O–H groups in total. The molecule has 6 nitrogen and oxygen atoms in total. The molecule has 1 aliphatic carbocycles. The fourth-order valence-corrected chi connectivity index (χ4v) is 2.27. The predicted octanol–water partition coefficient (Wildman–Crippen LogP) is 0.839. The van der Waals surface area contributed by atoms with Crippen LogP contribution < -0.4 is 16.6 Å². The maximum Gasteiger partial charge on any atom is 0.342 e. The summed E-state index contributed by atoms with van der Waals surface area (Å²) in [6.07, 6.45) is 5.67. The molecule has 0 aromatic carbocycles. The average molecular weight is 238 g/mol. The van der Waals surface area contributed by atoms with Gasteiger partial charge in [0.05, 0.1) is 0 Å². The molecule has 2 rings (SSSR count). The molecular weight excluding hydrogens is 220 g/mol. The second-order valence-electron chi connectivity index (χ2n) is 4.81. The van der Waals surface area contributed by atoms with Gasteiger partial charge in [0.15, 0.2) is 0 Å². The smallest absolute Gasteiger partial charge is 0.342 e. The van der Waals surface area contributed by atoms with E-state index in [1.165, 1.54) is 19.3 Å². The van der Waals surface area contributed by atoms with E-state index in [1.54, 1.807) is 0 Å². The summed E-state index contributed by atoms with van der Waals surface area (Å²) in [5.41, 5.74) is -1.03. The number of hydrogen-bond donors (Lipinski definition) is 3. The molecule has 1 aromatic heterocycles. The number of nitrogens with one attached hydrogen (secondary N) is 3. The predicted molar refractivity (Wildman–Crippen MR) is 65.1 cm³/mol. The van der Waals surface area contributed by atoms with E-state index in [4.69, 9.17) is 0 Å². The fourth-order valence-electron chi connectivity index (χ4n) is 2.27. The summed E-state index contributed by atoms with van der Waals surface area (Å²) in [5.74, 6) is 0.966. The van der Waals surface area contributed by atoms with E-state index in [0.717, 1.165) is 18.8 Å². The molecule has 2 atom stereocenters. The van der Waals surface area contributed by atoms with Crippen molar-refractivity contribution in [3.8, 4) is 0 Å². The van der Waals surface area contributed by atoms with Gasteiger partial charge in [-0.05, 0) is 25.2 Å². The minimum atomic E-state index is -0.574. The van der Waals surface area contributed by atoms with Crippen LogP contribution in [-0.4, -0.2) is 21.2 Å². The first-order valence-electron chi connectivity index (χ1n) is 6.10. The third kappa shape index (κ3) is 3.18. The molecule has 17 heavy (non-hydrogen) atoms. The van der Waals surface area contributed by atoms with Gasteiger partial charge in [0.2, 0.25) is 5.82 Å². The van der Waals surface area contributed by atoms with Crippen molar-refractivity contribution in [2.24, 2.45) is 5.92 Å². The number of nitrogens with zero attached hydrogens (tertiary/aromatic N) is 1. The summed E-state index contributed by atoms with van der Waals surface area (Å²) < 4.78 is 0. The Hall–Kier alpha value is -1.59. The Morgan fingerprint density at radius 2 is 2.06 bits per heavy atom. The van der Waals surface area contributed by atoms with Gasteiger partial charge in [-0.3, -0.25) is 9.78 Å². The highest BCUT2D eigenvalue weighted by molar-refractivity contribution is 5.30. The van der Waals surface area contributed by atoms with Gasteiger partial charge in [0.1, 0.15) is 0 Å². The monoisotopic (exact) mass is 238 g/mol. The van der Waals surface area contributed by atoms with Crippen LogP contribution in [0.15, 0.2) is 9.59 Å². The summed E-state index contributed by atoms with van der Waals surface area (Å²) in [6.45, 7) is 2.26. The number of H-pyrrole nitrogens is 2. The first kappa shape index (κ1) is 11.9. The van der Waals surface area contributed by atoms with Crippen molar-refractivity contribution in [3.63, 3.8) is 0 Å². The van der Waals surface area contributed by atoms with Crippen LogP contribution in [0.1, 0.15) is 39.0 Å². The van der Waals surface area contributed by atoms with E-state index in [9.17, 15) is 9.59 Å². The molecule has 1 saturated carbocycles. The van der Waals surface area contributed by atoms with E-state index < -0.39 is 11.2 Å². The molecule has 0 bridgehead atoms. The lowest BCUT2D eigenvalue weighted by Crippen LogP contribution is -2.30. The quantitative estimate of drug-likeness (QED) is 0.666. The van der Waals surface area contributed by atoms with Gasteiger partial charge in [0.25, 0.3) is 5.56 Å². The van der Waals surface area contributed by atoms with Crippen molar-refractivity contribution < 1.29 is 0 Å². The molecule has 1 fully saturated rings. The van der Waals surface area contributed by atoms with Crippen molar-refractivity contribution in [2.45, 2.75) is 45.1 Å². The number of anilines is 1. The van der Waals surface area contributed by atoms with Crippen LogP contribution in [0.3, 0.4) is 0 Å². The molecule has 94 valence electrons. The van der Waals surface area contributed by atoms with E-state index in [1.807, 2.05) is 0 Å². The van der Waals surface area contributed by atoms with Gasteiger partial charge in [-0.15, -0.1) is 5.10 Å². The van der Waals surface area contributed by atoms with Crippen LogP contribution in [0.5, 0.6) is 0 Å². The average Bonchev–Trinajstić information content (AvgIpc) is 2.48. The van der Waals surface area contributed by atoms with Gasteiger partial charge < -0.3 is 5.32 Å². The minimum absolute atomic E-state index is 0.212. The van der Waals surface area contributed by atoms with Crippen LogP contribution in [0, 0.1) is 5.92 Å². The van der Waals surface area contributed by atoms with Crippen LogP contribution >= 0.6 is 0 Å². The van der Waals surface area contributed by atoms with E-state index in [-0.39, 0.29) is 11.9 Å². The Morgan fingerprint density at radius 1 is 1.24 bits per heavy atom. The third-order valence-corrected chi connectivity index (χ3v) is 3.31. The molecule has 2 unspecified atom stereocenters. The van der Waals surface area contributed by atoms with Gasteiger partial charge in [-0.1, -0.05) is 19.8 Å². The van der Waals surface area contributed by atoms with Crippen molar-refractivity contribution in [3.05, 3.63) is 20.8 Å². The number of aromatic nitrogens is 3. The first-order valence-corrected chi connectivity index (χ1v) is 6.10. The molecule has 0 aliphatic heterocycles. The number of aromatic amines is 2. The Bertz CT molecular complexity index is 479. The SMILES string of the molecule is CC1CCCC(Nc2n[nH]c(=O)[nH]c2=O)CC1. The van der Waals surface area contributed by atoms with Crippen molar-refractivity contribution in [1.29, 1.82) is 0 Å². The number of hydrogen-bond acceptors (Lipinski definition) is 4. The van der Waals surface area contributed by atoms with Crippen molar-refractivity contribution >= 4 is 5.82 Å². The summed E-state index contributed by atoms with van der Waals surface area (Å²) in [6, 6.07) is 0.277. The largest absolute Gasteiger partial charge is 0.361 e. The van der Waals surface area contributed by atoms with Crippen LogP contribution in [0.2, 0.25) is 0 Å². The molecule has 0 radical (unpaired) electrons. The van der Waals surface area contributed by atoms with E-state index in [2.05, 4.69) is 27.4 Å². The molecule has 0 amide bonds. The van der Waals surface area contributed by atoms with Crippen molar-refractivity contribution in [1.82, 2.24) is 15.2 Å². The summed E-state index contributed by atoms with van der Waals surface area (Å²) in [5, 5.41) is 9.07. The standard InChI is InChI=1S/C11H18N4O2/c1-7-3-2-4-8(6-5-7)12-9-10(16)13-11(17)15-14-9/h7-8H,2-6H2,1H3,(H,12,14)(H2,13,15,16,17).